The number of anilines is 1. The molecule has 2 heterocycles. The van der Waals surface area contributed by atoms with E-state index < -0.39 is 17.0 Å². The quantitative estimate of drug-likeness (QED) is 0.449. The van der Waals surface area contributed by atoms with Crippen molar-refractivity contribution in [1.29, 1.82) is 0 Å². The summed E-state index contributed by atoms with van der Waals surface area (Å²) < 4.78 is 15.8. The van der Waals surface area contributed by atoms with Gasteiger partial charge in [-0.15, -0.1) is 0 Å². The van der Waals surface area contributed by atoms with Crippen molar-refractivity contribution in [3.8, 4) is 0 Å². The summed E-state index contributed by atoms with van der Waals surface area (Å²) in [7, 11) is 3.03. The second-order valence-corrected chi connectivity index (χ2v) is 10.4. The Kier molecular flexibility index (Phi) is 7.36. The number of nitrogens with zero attached hydrogens (tertiary/aromatic N) is 2. The summed E-state index contributed by atoms with van der Waals surface area (Å²) in [6, 6.07) is 7.44. The molecule has 1 aromatic carbocycles. The van der Waals surface area contributed by atoms with Gasteiger partial charge in [-0.25, -0.2) is 14.6 Å². The number of methoxy groups -OCH3 is 1. The van der Waals surface area contributed by atoms with Gasteiger partial charge in [-0.1, -0.05) is 18.2 Å². The molecule has 2 aromatic rings. The lowest BCUT2D eigenvalue weighted by Gasteiger charge is -2.24. The van der Waals surface area contributed by atoms with Gasteiger partial charge < -0.3 is 24.4 Å². The first kappa shape index (κ1) is 26.3. The lowest BCUT2D eigenvalue weighted by Crippen LogP contribution is -2.36. The van der Waals surface area contributed by atoms with Crippen molar-refractivity contribution in [3.05, 3.63) is 64.4 Å². The van der Waals surface area contributed by atoms with Gasteiger partial charge in [0.1, 0.15) is 11.4 Å². The molecule has 1 aliphatic carbocycles. The van der Waals surface area contributed by atoms with Crippen LogP contribution >= 0.6 is 0 Å². The molecule has 1 N–H and O–H groups in total. The molecule has 196 valence electrons. The number of likely N-dealkylation sites (N-methyl/N-ethyl adjacent to an activating group) is 1. The average Bonchev–Trinajstić information content (AvgIpc) is 3.36. The molecule has 0 unspecified atom stereocenters. The Balaban J connectivity index is 1.37. The lowest BCUT2D eigenvalue weighted by atomic mass is 9.79. The predicted octanol–water partition coefficient (Wildman–Crippen LogP) is 3.75. The van der Waals surface area contributed by atoms with E-state index in [0.29, 0.717) is 44.0 Å². The summed E-state index contributed by atoms with van der Waals surface area (Å²) in [5.74, 6) is 0.0989. The van der Waals surface area contributed by atoms with E-state index in [1.165, 1.54) is 12.0 Å². The zero-order chi connectivity index (χ0) is 26.8. The van der Waals surface area contributed by atoms with Crippen LogP contribution in [0.3, 0.4) is 0 Å². The highest BCUT2D eigenvalue weighted by molar-refractivity contribution is 6.06. The van der Waals surface area contributed by atoms with Crippen LogP contribution in [0.4, 0.5) is 10.6 Å². The third kappa shape index (κ3) is 5.67. The monoisotopic (exact) mass is 507 g/mol. The SMILES string of the molecule is COC(=O)c1ccc2c(c1)C[C@]1(C2)C(=O)Nc2ncc(/C=C/COCCN(C)C(=O)OC(C)(C)C)cc21. The van der Waals surface area contributed by atoms with Crippen molar-refractivity contribution in [1.82, 2.24) is 9.88 Å². The summed E-state index contributed by atoms with van der Waals surface area (Å²) in [5, 5.41) is 2.93. The molecular weight excluding hydrogens is 474 g/mol. The van der Waals surface area contributed by atoms with Gasteiger partial charge in [0.25, 0.3) is 0 Å². The van der Waals surface area contributed by atoms with Gasteiger partial charge in [0.2, 0.25) is 5.91 Å². The summed E-state index contributed by atoms with van der Waals surface area (Å²) in [4.78, 5) is 43.0. The molecule has 37 heavy (non-hydrogen) atoms. The van der Waals surface area contributed by atoms with E-state index in [2.05, 4.69) is 10.3 Å². The Morgan fingerprint density at radius 3 is 2.68 bits per heavy atom. The van der Waals surface area contributed by atoms with Crippen LogP contribution < -0.4 is 5.32 Å². The number of hydrogen-bond donors (Lipinski definition) is 1. The van der Waals surface area contributed by atoms with Gasteiger partial charge in [0.05, 0.1) is 31.3 Å². The fourth-order valence-corrected chi connectivity index (χ4v) is 4.63. The minimum absolute atomic E-state index is 0.0793. The van der Waals surface area contributed by atoms with E-state index in [1.54, 1.807) is 19.3 Å². The standard InChI is InChI=1S/C28H33N3O6/c1-27(2,3)37-26(34)31(4)10-12-36-11-6-7-18-13-22-23(29-17-18)30-25(33)28(22)15-20-9-8-19(24(32)35-5)14-21(20)16-28/h6-9,13-14,17H,10-12,15-16H2,1-5H3,(H,29,30,33)/b7-6+/t28-/m0/s1. The maximum absolute atomic E-state index is 13.1. The predicted molar refractivity (Wildman–Crippen MR) is 138 cm³/mol. The zero-order valence-corrected chi connectivity index (χ0v) is 21.9. The maximum atomic E-state index is 13.1. The third-order valence-corrected chi connectivity index (χ3v) is 6.50. The number of carbonyl (C=O) groups is 3. The van der Waals surface area contributed by atoms with Crippen LogP contribution in [0.1, 0.15) is 53.4 Å². The molecule has 0 fully saturated rings. The number of ether oxygens (including phenoxy) is 3. The van der Waals surface area contributed by atoms with Crippen molar-refractivity contribution in [3.63, 3.8) is 0 Å². The highest BCUT2D eigenvalue weighted by atomic mass is 16.6. The fraction of sp³-hybridized carbons (Fsp3) is 0.429. The maximum Gasteiger partial charge on any atom is 0.410 e. The first-order valence-electron chi connectivity index (χ1n) is 12.2. The smallest absolute Gasteiger partial charge is 0.410 e. The van der Waals surface area contributed by atoms with E-state index in [0.717, 1.165) is 22.3 Å². The van der Waals surface area contributed by atoms with E-state index in [1.807, 2.05) is 51.1 Å². The van der Waals surface area contributed by atoms with Crippen LogP contribution in [0.5, 0.6) is 0 Å². The van der Waals surface area contributed by atoms with Crippen molar-refractivity contribution in [2.24, 2.45) is 0 Å². The van der Waals surface area contributed by atoms with Gasteiger partial charge in [-0.05, 0) is 68.5 Å². The second kappa shape index (κ2) is 10.3. The molecule has 1 atom stereocenters. The highest BCUT2D eigenvalue weighted by Gasteiger charge is 2.51. The van der Waals surface area contributed by atoms with Gasteiger partial charge in [-0.2, -0.15) is 0 Å². The minimum Gasteiger partial charge on any atom is -0.465 e. The van der Waals surface area contributed by atoms with Crippen LogP contribution in [0.15, 0.2) is 36.5 Å². The van der Waals surface area contributed by atoms with Crippen molar-refractivity contribution in [2.45, 2.75) is 44.6 Å². The van der Waals surface area contributed by atoms with Gasteiger partial charge in [0, 0.05) is 25.4 Å². The lowest BCUT2D eigenvalue weighted by molar-refractivity contribution is -0.120. The molecule has 4 rings (SSSR count). The largest absolute Gasteiger partial charge is 0.465 e. The van der Waals surface area contributed by atoms with Crippen molar-refractivity contribution in [2.75, 3.05) is 39.2 Å². The molecule has 0 bridgehead atoms. The van der Waals surface area contributed by atoms with Crippen LogP contribution in [0.25, 0.3) is 6.08 Å². The first-order valence-corrected chi connectivity index (χ1v) is 12.2. The van der Waals surface area contributed by atoms with Gasteiger partial charge in [0.15, 0.2) is 0 Å². The third-order valence-electron chi connectivity index (χ3n) is 6.50. The number of esters is 1. The number of aromatic nitrogens is 1. The number of benzene rings is 1. The topological polar surface area (TPSA) is 107 Å². The van der Waals surface area contributed by atoms with Crippen LogP contribution in [-0.4, -0.2) is 67.4 Å². The summed E-state index contributed by atoms with van der Waals surface area (Å²) >= 11 is 0. The van der Waals surface area contributed by atoms with Crippen molar-refractivity contribution < 1.29 is 28.6 Å². The summed E-state index contributed by atoms with van der Waals surface area (Å²) in [6.07, 6.45) is 6.14. The molecular formula is C28H33N3O6. The Morgan fingerprint density at radius 2 is 1.95 bits per heavy atom. The Bertz CT molecular complexity index is 1250. The molecule has 1 aromatic heterocycles. The summed E-state index contributed by atoms with van der Waals surface area (Å²) in [6.45, 7) is 6.63. The van der Waals surface area contributed by atoms with E-state index in [9.17, 15) is 14.4 Å². The van der Waals surface area contributed by atoms with Crippen LogP contribution in [0.2, 0.25) is 0 Å². The number of carbonyl (C=O) groups excluding carboxylic acids is 3. The molecule has 0 saturated heterocycles. The van der Waals surface area contributed by atoms with E-state index in [-0.39, 0.29) is 12.0 Å². The zero-order valence-electron chi connectivity index (χ0n) is 21.9. The highest BCUT2D eigenvalue weighted by Crippen LogP contribution is 2.47. The minimum atomic E-state index is -0.744. The number of nitrogens with one attached hydrogen (secondary N) is 1. The molecule has 9 nitrogen and oxygen atoms in total. The molecule has 2 amide bonds. The first-order chi connectivity index (χ1) is 17.5. The van der Waals surface area contributed by atoms with E-state index in [4.69, 9.17) is 14.2 Å². The normalized spacial score (nSPS) is 18.0. The fourth-order valence-electron chi connectivity index (χ4n) is 4.63. The average molecular weight is 508 g/mol. The van der Waals surface area contributed by atoms with Gasteiger partial charge in [-0.3, -0.25) is 4.79 Å². The van der Waals surface area contributed by atoms with Gasteiger partial charge >= 0.3 is 12.1 Å². The molecule has 0 radical (unpaired) electrons. The number of rotatable bonds is 7. The Labute approximate surface area is 216 Å². The molecule has 2 aliphatic rings. The van der Waals surface area contributed by atoms with Crippen LogP contribution in [-0.2, 0) is 37.3 Å². The number of fused-ring (bicyclic) bond motifs is 3. The molecule has 0 saturated carbocycles. The van der Waals surface area contributed by atoms with Crippen LogP contribution in [0, 0.1) is 0 Å². The number of hydrogen-bond acceptors (Lipinski definition) is 7. The molecule has 9 heteroatoms. The second-order valence-electron chi connectivity index (χ2n) is 10.4. The number of amides is 2. The summed E-state index contributed by atoms with van der Waals surface area (Å²) in [5.41, 5.74) is 2.92. The molecule has 1 aliphatic heterocycles. The molecule has 1 spiro atoms. The Morgan fingerprint density at radius 1 is 1.19 bits per heavy atom. The van der Waals surface area contributed by atoms with Crippen molar-refractivity contribution >= 4 is 29.9 Å². The Hall–Kier alpha value is -3.72. The number of pyridine rings is 1. The van der Waals surface area contributed by atoms with E-state index >= 15 is 0 Å².